The second kappa shape index (κ2) is 4.60. The Morgan fingerprint density at radius 3 is 2.50 bits per heavy atom. The number of ether oxygens (including phenoxy) is 1. The maximum atomic E-state index is 9.43. The molecule has 0 radical (unpaired) electrons. The molecule has 1 heterocycles. The van der Waals surface area contributed by atoms with Crippen LogP contribution in [-0.2, 0) is 4.74 Å². The third kappa shape index (κ3) is 2.27. The molecule has 1 aliphatic carbocycles. The van der Waals surface area contributed by atoms with Crippen LogP contribution in [0.5, 0.6) is 0 Å². The molecule has 0 aromatic heterocycles. The molecule has 0 atom stereocenters. The summed E-state index contributed by atoms with van der Waals surface area (Å²) in [7, 11) is 0. The summed E-state index contributed by atoms with van der Waals surface area (Å²) in [6.45, 7) is 2.92. The second-order valence-corrected chi connectivity index (χ2v) is 4.73. The predicted molar refractivity (Wildman–Crippen MR) is 55.2 cm³/mol. The maximum Gasteiger partial charge on any atom is 0.0615 e. The number of aliphatic hydroxyl groups excluding tert-OH is 1. The molecule has 2 aliphatic rings. The van der Waals surface area contributed by atoms with Crippen molar-refractivity contribution in [2.75, 3.05) is 26.4 Å². The van der Waals surface area contributed by atoms with Crippen molar-refractivity contribution in [2.24, 2.45) is 5.92 Å². The Bertz CT molecular complexity index is 174. The van der Waals surface area contributed by atoms with Crippen molar-refractivity contribution in [3.8, 4) is 0 Å². The Morgan fingerprint density at radius 2 is 2.00 bits per heavy atom. The monoisotopic (exact) mass is 199 g/mol. The zero-order chi connectivity index (χ0) is 9.86. The van der Waals surface area contributed by atoms with Gasteiger partial charge in [-0.25, -0.2) is 0 Å². The molecule has 0 unspecified atom stereocenters. The SMILES string of the molecule is OCC1(NCC2CCC2)CCOCC1. The summed E-state index contributed by atoms with van der Waals surface area (Å²) in [5, 5.41) is 13.0. The van der Waals surface area contributed by atoms with Gasteiger partial charge in [0.15, 0.2) is 0 Å². The Kier molecular flexibility index (Phi) is 3.42. The van der Waals surface area contributed by atoms with Gasteiger partial charge in [0.05, 0.1) is 6.61 Å². The first-order valence-corrected chi connectivity index (χ1v) is 5.78. The third-order valence-electron chi connectivity index (χ3n) is 3.74. The molecular weight excluding hydrogens is 178 g/mol. The van der Waals surface area contributed by atoms with E-state index in [1.807, 2.05) is 0 Å². The molecule has 0 spiro atoms. The number of hydrogen-bond acceptors (Lipinski definition) is 3. The molecule has 0 amide bonds. The van der Waals surface area contributed by atoms with E-state index in [0.717, 1.165) is 38.5 Å². The quantitative estimate of drug-likeness (QED) is 0.707. The van der Waals surface area contributed by atoms with Crippen molar-refractivity contribution < 1.29 is 9.84 Å². The summed E-state index contributed by atoms with van der Waals surface area (Å²) in [6, 6.07) is 0. The van der Waals surface area contributed by atoms with Gasteiger partial charge in [-0.15, -0.1) is 0 Å². The summed E-state index contributed by atoms with van der Waals surface area (Å²) in [5.74, 6) is 0.862. The van der Waals surface area contributed by atoms with Crippen molar-refractivity contribution in [1.82, 2.24) is 5.32 Å². The average Bonchev–Trinajstić information content (AvgIpc) is 2.17. The number of rotatable bonds is 4. The lowest BCUT2D eigenvalue weighted by Gasteiger charge is -2.39. The van der Waals surface area contributed by atoms with Crippen LogP contribution in [0.15, 0.2) is 0 Å². The van der Waals surface area contributed by atoms with E-state index in [9.17, 15) is 5.11 Å². The van der Waals surface area contributed by atoms with E-state index in [-0.39, 0.29) is 12.1 Å². The predicted octanol–water partition coefficient (Wildman–Crippen LogP) is 0.918. The van der Waals surface area contributed by atoms with Crippen LogP contribution in [-0.4, -0.2) is 37.0 Å². The van der Waals surface area contributed by atoms with Crippen molar-refractivity contribution in [2.45, 2.75) is 37.6 Å². The highest BCUT2D eigenvalue weighted by molar-refractivity contribution is 4.90. The van der Waals surface area contributed by atoms with Gasteiger partial charge < -0.3 is 15.2 Å². The lowest BCUT2D eigenvalue weighted by Crippen LogP contribution is -2.54. The molecule has 1 saturated heterocycles. The van der Waals surface area contributed by atoms with E-state index < -0.39 is 0 Å². The first kappa shape index (κ1) is 10.4. The van der Waals surface area contributed by atoms with Gasteiger partial charge in [-0.3, -0.25) is 0 Å². The number of aliphatic hydroxyl groups is 1. The lowest BCUT2D eigenvalue weighted by atomic mass is 9.83. The third-order valence-corrected chi connectivity index (χ3v) is 3.74. The Balaban J connectivity index is 1.77. The molecule has 3 nitrogen and oxygen atoms in total. The molecular formula is C11H21NO2. The fourth-order valence-electron chi connectivity index (χ4n) is 2.21. The van der Waals surface area contributed by atoms with E-state index in [1.54, 1.807) is 0 Å². The second-order valence-electron chi connectivity index (χ2n) is 4.73. The van der Waals surface area contributed by atoms with Crippen LogP contribution in [0.3, 0.4) is 0 Å². The molecule has 1 saturated carbocycles. The van der Waals surface area contributed by atoms with Gasteiger partial charge in [0.25, 0.3) is 0 Å². The van der Waals surface area contributed by atoms with E-state index >= 15 is 0 Å². The molecule has 2 N–H and O–H groups in total. The Labute approximate surface area is 85.8 Å². The topological polar surface area (TPSA) is 41.5 Å². The van der Waals surface area contributed by atoms with Crippen LogP contribution < -0.4 is 5.32 Å². The Morgan fingerprint density at radius 1 is 1.29 bits per heavy atom. The summed E-state index contributed by atoms with van der Waals surface area (Å²) >= 11 is 0. The molecule has 0 aromatic rings. The number of hydrogen-bond donors (Lipinski definition) is 2. The van der Waals surface area contributed by atoms with E-state index in [2.05, 4.69) is 5.32 Å². The fourth-order valence-corrected chi connectivity index (χ4v) is 2.21. The van der Waals surface area contributed by atoms with Gasteiger partial charge in [-0.05, 0) is 38.1 Å². The van der Waals surface area contributed by atoms with Gasteiger partial charge >= 0.3 is 0 Å². The van der Waals surface area contributed by atoms with Crippen LogP contribution in [0.2, 0.25) is 0 Å². The van der Waals surface area contributed by atoms with Gasteiger partial charge in [0, 0.05) is 18.8 Å². The molecule has 82 valence electrons. The van der Waals surface area contributed by atoms with E-state index in [1.165, 1.54) is 19.3 Å². The van der Waals surface area contributed by atoms with Gasteiger partial charge in [-0.2, -0.15) is 0 Å². The molecule has 3 heteroatoms. The first-order valence-electron chi connectivity index (χ1n) is 5.78. The van der Waals surface area contributed by atoms with Crippen molar-refractivity contribution in [3.05, 3.63) is 0 Å². The van der Waals surface area contributed by atoms with Crippen molar-refractivity contribution in [3.63, 3.8) is 0 Å². The normalized spacial score (nSPS) is 27.2. The van der Waals surface area contributed by atoms with E-state index in [0.29, 0.717) is 0 Å². The van der Waals surface area contributed by atoms with Gasteiger partial charge in [0.2, 0.25) is 0 Å². The average molecular weight is 199 g/mol. The zero-order valence-electron chi connectivity index (χ0n) is 8.80. The van der Waals surface area contributed by atoms with E-state index in [4.69, 9.17) is 4.74 Å². The molecule has 1 aliphatic heterocycles. The fraction of sp³-hybridized carbons (Fsp3) is 1.00. The highest BCUT2D eigenvalue weighted by Crippen LogP contribution is 2.27. The molecule has 2 rings (SSSR count). The van der Waals surface area contributed by atoms with Crippen LogP contribution >= 0.6 is 0 Å². The summed E-state index contributed by atoms with van der Waals surface area (Å²) in [4.78, 5) is 0. The smallest absolute Gasteiger partial charge is 0.0615 e. The van der Waals surface area contributed by atoms with Crippen LogP contribution in [0.25, 0.3) is 0 Å². The minimum atomic E-state index is -0.0339. The minimum absolute atomic E-state index is 0.0339. The summed E-state index contributed by atoms with van der Waals surface area (Å²) in [5.41, 5.74) is -0.0339. The molecule has 14 heavy (non-hydrogen) atoms. The molecule has 0 bridgehead atoms. The van der Waals surface area contributed by atoms with Crippen LogP contribution in [0, 0.1) is 5.92 Å². The largest absolute Gasteiger partial charge is 0.394 e. The van der Waals surface area contributed by atoms with Crippen LogP contribution in [0.4, 0.5) is 0 Å². The van der Waals surface area contributed by atoms with Gasteiger partial charge in [-0.1, -0.05) is 6.42 Å². The summed E-state index contributed by atoms with van der Waals surface area (Å²) in [6.07, 6.45) is 6.03. The van der Waals surface area contributed by atoms with Gasteiger partial charge in [0.1, 0.15) is 0 Å². The highest BCUT2D eigenvalue weighted by Gasteiger charge is 2.32. The first-order chi connectivity index (χ1) is 6.85. The Hall–Kier alpha value is -0.120. The standard InChI is InChI=1S/C11H21NO2/c13-9-11(4-6-14-7-5-11)12-8-10-2-1-3-10/h10,12-13H,1-9H2. The maximum absolute atomic E-state index is 9.43. The van der Waals surface area contributed by atoms with Crippen molar-refractivity contribution in [1.29, 1.82) is 0 Å². The summed E-state index contributed by atoms with van der Waals surface area (Å²) < 4.78 is 5.32. The molecule has 2 fully saturated rings. The minimum Gasteiger partial charge on any atom is -0.394 e. The highest BCUT2D eigenvalue weighted by atomic mass is 16.5. The van der Waals surface area contributed by atoms with Crippen LogP contribution in [0.1, 0.15) is 32.1 Å². The van der Waals surface area contributed by atoms with Crippen molar-refractivity contribution >= 4 is 0 Å². The lowest BCUT2D eigenvalue weighted by molar-refractivity contribution is 0.00869. The molecule has 0 aromatic carbocycles. The number of nitrogens with one attached hydrogen (secondary N) is 1. The zero-order valence-corrected chi connectivity index (χ0v) is 8.80.